The van der Waals surface area contributed by atoms with Crippen LogP contribution in [0.5, 0.6) is 0 Å². The summed E-state index contributed by atoms with van der Waals surface area (Å²) in [5, 5.41) is 2.74. The molecular weight excluding hydrogens is 162 g/mol. The first-order chi connectivity index (χ1) is 6.24. The molecule has 1 N–H and O–H groups in total. The fourth-order valence-electron chi connectivity index (χ4n) is 1.46. The van der Waals surface area contributed by atoms with Crippen LogP contribution in [0, 0.1) is 0 Å². The van der Waals surface area contributed by atoms with Gasteiger partial charge in [0, 0.05) is 11.8 Å². The van der Waals surface area contributed by atoms with Crippen LogP contribution < -0.4 is 5.32 Å². The molecule has 0 aromatic heterocycles. The molecule has 0 aromatic carbocycles. The van der Waals surface area contributed by atoms with Crippen molar-refractivity contribution >= 4 is 5.91 Å². The summed E-state index contributed by atoms with van der Waals surface area (Å²) in [7, 11) is 0. The lowest BCUT2D eigenvalue weighted by Crippen LogP contribution is -2.12. The highest BCUT2D eigenvalue weighted by molar-refractivity contribution is 5.93. The van der Waals surface area contributed by atoms with E-state index in [1.807, 2.05) is 6.08 Å². The van der Waals surface area contributed by atoms with E-state index < -0.39 is 0 Å². The molecule has 66 valence electrons. The van der Waals surface area contributed by atoms with Crippen molar-refractivity contribution in [2.75, 3.05) is 0 Å². The summed E-state index contributed by atoms with van der Waals surface area (Å²) >= 11 is 0. The van der Waals surface area contributed by atoms with E-state index in [2.05, 4.69) is 24.4 Å². The summed E-state index contributed by atoms with van der Waals surface area (Å²) in [6, 6.07) is 0. The van der Waals surface area contributed by atoms with Crippen LogP contribution in [0.2, 0.25) is 0 Å². The Morgan fingerprint density at radius 3 is 2.77 bits per heavy atom. The molecule has 0 bridgehead atoms. The first kappa shape index (κ1) is 8.05. The molecule has 2 heteroatoms. The number of nitrogens with one attached hydrogen (secondary N) is 1. The minimum Gasteiger partial charge on any atom is -0.322 e. The molecule has 1 aliphatic carbocycles. The molecule has 1 amide bonds. The van der Waals surface area contributed by atoms with Crippen molar-refractivity contribution < 1.29 is 4.79 Å². The molecule has 2 aliphatic rings. The molecule has 0 saturated carbocycles. The zero-order chi connectivity index (χ0) is 9.26. The van der Waals surface area contributed by atoms with Crippen molar-refractivity contribution in [3.8, 4) is 0 Å². The van der Waals surface area contributed by atoms with Gasteiger partial charge in [0.1, 0.15) is 0 Å². The molecular formula is C11H11NO. The summed E-state index contributed by atoms with van der Waals surface area (Å²) in [4.78, 5) is 10.8. The summed E-state index contributed by atoms with van der Waals surface area (Å²) < 4.78 is 0. The van der Waals surface area contributed by atoms with Gasteiger partial charge in [-0.3, -0.25) is 4.79 Å². The molecule has 2 rings (SSSR count). The molecule has 1 aliphatic heterocycles. The lowest BCUT2D eigenvalue weighted by molar-refractivity contribution is -0.115. The van der Waals surface area contributed by atoms with Gasteiger partial charge in [-0.15, -0.1) is 0 Å². The van der Waals surface area contributed by atoms with Crippen LogP contribution >= 0.6 is 0 Å². The van der Waals surface area contributed by atoms with Crippen molar-refractivity contribution in [1.29, 1.82) is 0 Å². The summed E-state index contributed by atoms with van der Waals surface area (Å²) in [6.45, 7) is 2.10. The third-order valence-corrected chi connectivity index (χ3v) is 2.09. The van der Waals surface area contributed by atoms with E-state index in [1.165, 1.54) is 11.1 Å². The number of carbonyl (C=O) groups is 1. The summed E-state index contributed by atoms with van der Waals surface area (Å²) in [5.74, 6) is -0.0328. The maximum atomic E-state index is 10.8. The summed E-state index contributed by atoms with van der Waals surface area (Å²) in [5.41, 5.74) is 3.50. The second-order valence-electron chi connectivity index (χ2n) is 3.35. The van der Waals surface area contributed by atoms with E-state index in [4.69, 9.17) is 0 Å². The van der Waals surface area contributed by atoms with Crippen molar-refractivity contribution in [1.82, 2.24) is 5.32 Å². The zero-order valence-corrected chi connectivity index (χ0v) is 7.50. The Labute approximate surface area is 77.3 Å². The molecule has 0 fully saturated rings. The minimum atomic E-state index is -0.0328. The average Bonchev–Trinajstić information content (AvgIpc) is 2.62. The standard InChI is InChI=1S/C11H11NO/c1-8-2-3-9(6-8)7-10-4-5-11(13)12-10/h2-5,7H,6H2,1H3,(H,12,13). The van der Waals surface area contributed by atoms with Gasteiger partial charge in [0.25, 0.3) is 0 Å². The number of hydrogen-bond acceptors (Lipinski definition) is 1. The van der Waals surface area contributed by atoms with Gasteiger partial charge in [-0.1, -0.05) is 17.7 Å². The van der Waals surface area contributed by atoms with Gasteiger partial charge in [-0.25, -0.2) is 0 Å². The fraction of sp³-hybridized carbons (Fsp3) is 0.182. The van der Waals surface area contributed by atoms with E-state index in [9.17, 15) is 4.79 Å². The average molecular weight is 173 g/mol. The molecule has 0 saturated heterocycles. The Hall–Kier alpha value is -1.57. The SMILES string of the molecule is CC1=CC=C(C=C2C=CC(=O)N2)C1. The zero-order valence-electron chi connectivity index (χ0n) is 7.50. The normalized spacial score (nSPS) is 23.5. The van der Waals surface area contributed by atoms with Crippen LogP contribution in [-0.4, -0.2) is 5.91 Å². The second kappa shape index (κ2) is 3.05. The molecule has 0 aromatic rings. The van der Waals surface area contributed by atoms with Gasteiger partial charge in [-0.05, 0) is 31.1 Å². The molecule has 0 radical (unpaired) electrons. The Kier molecular flexibility index (Phi) is 1.89. The third-order valence-electron chi connectivity index (χ3n) is 2.09. The van der Waals surface area contributed by atoms with Crippen molar-refractivity contribution in [2.24, 2.45) is 0 Å². The molecule has 1 heterocycles. The van der Waals surface area contributed by atoms with Gasteiger partial charge >= 0.3 is 0 Å². The lowest BCUT2D eigenvalue weighted by atomic mass is 10.1. The molecule has 0 unspecified atom stereocenters. The van der Waals surface area contributed by atoms with Crippen molar-refractivity contribution in [3.63, 3.8) is 0 Å². The Morgan fingerprint density at radius 2 is 2.23 bits per heavy atom. The smallest absolute Gasteiger partial charge is 0.248 e. The second-order valence-corrected chi connectivity index (χ2v) is 3.35. The topological polar surface area (TPSA) is 29.1 Å². The van der Waals surface area contributed by atoms with Gasteiger partial charge < -0.3 is 5.32 Å². The first-order valence-electron chi connectivity index (χ1n) is 4.31. The quantitative estimate of drug-likeness (QED) is 0.644. The van der Waals surface area contributed by atoms with Crippen LogP contribution in [-0.2, 0) is 4.79 Å². The number of carbonyl (C=O) groups excluding carboxylic acids is 1. The van der Waals surface area contributed by atoms with E-state index in [-0.39, 0.29) is 5.91 Å². The number of allylic oxidation sites excluding steroid dienone is 6. The predicted octanol–water partition coefficient (Wildman–Crippen LogP) is 1.83. The Bertz CT molecular complexity index is 370. The fourth-order valence-corrected chi connectivity index (χ4v) is 1.46. The first-order valence-corrected chi connectivity index (χ1v) is 4.31. The Balaban J connectivity index is 2.07. The highest BCUT2D eigenvalue weighted by atomic mass is 16.1. The monoisotopic (exact) mass is 173 g/mol. The predicted molar refractivity (Wildman–Crippen MR) is 51.8 cm³/mol. The molecule has 0 spiro atoms. The largest absolute Gasteiger partial charge is 0.322 e. The number of rotatable bonds is 1. The van der Waals surface area contributed by atoms with Gasteiger partial charge in [0.15, 0.2) is 0 Å². The van der Waals surface area contributed by atoms with Gasteiger partial charge in [0.2, 0.25) is 5.91 Å². The lowest BCUT2D eigenvalue weighted by Gasteiger charge is -1.98. The van der Waals surface area contributed by atoms with Gasteiger partial charge in [0.05, 0.1) is 0 Å². The van der Waals surface area contributed by atoms with Crippen molar-refractivity contribution in [3.05, 3.63) is 47.2 Å². The molecule has 2 nitrogen and oxygen atoms in total. The van der Waals surface area contributed by atoms with E-state index in [0.29, 0.717) is 0 Å². The number of hydrogen-bond donors (Lipinski definition) is 1. The maximum Gasteiger partial charge on any atom is 0.248 e. The van der Waals surface area contributed by atoms with Crippen LogP contribution in [0.25, 0.3) is 0 Å². The van der Waals surface area contributed by atoms with Crippen LogP contribution in [0.15, 0.2) is 47.2 Å². The van der Waals surface area contributed by atoms with E-state index >= 15 is 0 Å². The summed E-state index contributed by atoms with van der Waals surface area (Å²) in [6.07, 6.45) is 10.5. The molecule has 0 atom stereocenters. The number of amides is 1. The van der Waals surface area contributed by atoms with Crippen LogP contribution in [0.4, 0.5) is 0 Å². The van der Waals surface area contributed by atoms with Crippen molar-refractivity contribution in [2.45, 2.75) is 13.3 Å². The van der Waals surface area contributed by atoms with Crippen LogP contribution in [0.1, 0.15) is 13.3 Å². The minimum absolute atomic E-state index is 0.0328. The maximum absolute atomic E-state index is 10.8. The van der Waals surface area contributed by atoms with E-state index in [1.54, 1.807) is 12.2 Å². The highest BCUT2D eigenvalue weighted by Gasteiger charge is 2.08. The van der Waals surface area contributed by atoms with Crippen LogP contribution in [0.3, 0.4) is 0 Å². The van der Waals surface area contributed by atoms with E-state index in [0.717, 1.165) is 12.1 Å². The van der Waals surface area contributed by atoms with Gasteiger partial charge in [-0.2, -0.15) is 0 Å². The highest BCUT2D eigenvalue weighted by Crippen LogP contribution is 2.20. The Morgan fingerprint density at radius 1 is 1.38 bits per heavy atom. The molecule has 13 heavy (non-hydrogen) atoms. The third kappa shape index (κ3) is 1.78.